The van der Waals surface area contributed by atoms with Gasteiger partial charge in [-0.3, -0.25) is 43.3 Å². The van der Waals surface area contributed by atoms with Crippen LogP contribution in [0.4, 0.5) is 4.39 Å². The van der Waals surface area contributed by atoms with E-state index in [1.165, 1.54) is 41.3 Å². The zero-order chi connectivity index (χ0) is 62.6. The fourth-order valence-corrected chi connectivity index (χ4v) is 10.7. The highest BCUT2D eigenvalue weighted by atomic mass is 19.1. The van der Waals surface area contributed by atoms with Crippen molar-refractivity contribution in [2.24, 2.45) is 22.4 Å². The van der Waals surface area contributed by atoms with Crippen LogP contribution in [-0.2, 0) is 64.0 Å². The number of likely N-dealkylation sites (tertiary alicyclic amines) is 1. The maximum absolute atomic E-state index is 15.0. The van der Waals surface area contributed by atoms with E-state index in [0.717, 1.165) is 21.7 Å². The zero-order valence-electron chi connectivity index (χ0n) is 49.2. The number of fused-ring (bicyclic) bond motifs is 2. The van der Waals surface area contributed by atoms with E-state index < -0.39 is 96.1 Å². The Morgan fingerprint density at radius 3 is 1.92 bits per heavy atom. The van der Waals surface area contributed by atoms with Crippen molar-refractivity contribution in [2.45, 2.75) is 127 Å². The minimum absolute atomic E-state index is 0.0294. The molecule has 1 saturated heterocycles. The summed E-state index contributed by atoms with van der Waals surface area (Å²) in [4.78, 5) is 123. The van der Waals surface area contributed by atoms with Crippen molar-refractivity contribution >= 4 is 74.9 Å². The first-order valence-electron chi connectivity index (χ1n) is 29.4. The number of aliphatic hydroxyl groups excluding tert-OH is 1. The largest absolute Gasteiger partial charge is 0.508 e. The number of para-hydroxylation sites is 1. The number of benzene rings is 5. The number of aryl methyl sites for hydroxylation is 1. The fraction of sp³-hybridized carbons (Fsp3) is 0.391. The summed E-state index contributed by atoms with van der Waals surface area (Å²) in [5.41, 5.74) is 14.3. The Kier molecular flexibility index (Phi) is 23.7. The molecule has 7 atom stereocenters. The van der Waals surface area contributed by atoms with Gasteiger partial charge in [-0.25, -0.2) is 4.39 Å². The van der Waals surface area contributed by atoms with Crippen LogP contribution >= 0.6 is 0 Å². The molecule has 0 radical (unpaired) electrons. The minimum atomic E-state index is -1.69. The second-order valence-corrected chi connectivity index (χ2v) is 22.2. The van der Waals surface area contributed by atoms with Gasteiger partial charge in [-0.2, -0.15) is 0 Å². The van der Waals surface area contributed by atoms with Gasteiger partial charge < -0.3 is 68.8 Å². The molecule has 0 spiro atoms. The number of rotatable bonds is 30. The predicted octanol–water partition coefficient (Wildman–Crippen LogP) is 2.95. The molecule has 0 unspecified atom stereocenters. The van der Waals surface area contributed by atoms with E-state index in [1.54, 1.807) is 25.3 Å². The van der Waals surface area contributed by atoms with Crippen molar-refractivity contribution in [1.82, 2.24) is 47.1 Å². The number of nitrogens with zero attached hydrogens (tertiary/aromatic N) is 2. The third-order valence-corrected chi connectivity index (χ3v) is 15.2. The molecule has 23 heteroatoms. The number of nitrogens with one attached hydrogen (secondary N) is 8. The standard InChI is InChI=1S/C64H79FN12O10/c1-4-68-62(86)55-19-11-31-77(55)63(87)49(18-10-30-69-64(66)67)72-57(81)50(32-38(2)3)73-60(84)53(35-43-36-70-48-17-8-7-16-47(43)48)75-58(82)51(33-40-22-27-45(79)28-23-40)74-61(85)54(37-78)76-59(83)52(34-42-14-9-13-41-12-5-6-15-46(41)42)71-56(80)29-24-39-20-25-44(65)26-21-39/h5-9,12-17,20-23,25-28,36,38,49-55,70,78-79H,4,10-11,18-19,24,29-35,37H2,1-3H3,(H,68,86)(H,71,80)(H,72,81)(H,73,84)(H,74,85)(H,75,82)(H,76,83)(H4,66,67,69)/t49-,50-,51-,52-,53+,54-,55+/m0/s1. The molecule has 1 aliphatic heterocycles. The van der Waals surface area contributed by atoms with Crippen molar-refractivity contribution < 1.29 is 53.0 Å². The summed E-state index contributed by atoms with van der Waals surface area (Å²) in [6.45, 7) is 5.28. The number of likely N-dealkylation sites (N-methyl/N-ethyl adjacent to an activating group) is 1. The predicted molar refractivity (Wildman–Crippen MR) is 328 cm³/mol. The highest BCUT2D eigenvalue weighted by Crippen LogP contribution is 2.24. The van der Waals surface area contributed by atoms with Gasteiger partial charge in [0, 0.05) is 62.4 Å². The van der Waals surface area contributed by atoms with Gasteiger partial charge in [0.15, 0.2) is 5.96 Å². The number of carbonyl (C=O) groups is 8. The van der Waals surface area contributed by atoms with E-state index in [9.17, 15) is 53.0 Å². The van der Waals surface area contributed by atoms with Crippen molar-refractivity contribution in [3.63, 3.8) is 0 Å². The smallest absolute Gasteiger partial charge is 0.245 e. The molecule has 0 bridgehead atoms. The van der Waals surface area contributed by atoms with Crippen molar-refractivity contribution in [3.8, 4) is 5.75 Å². The Bertz CT molecular complexity index is 3380. The number of guanidine groups is 1. The first kappa shape index (κ1) is 65.2. The number of amides is 8. The number of hydrogen-bond acceptors (Lipinski definition) is 11. The molecule has 87 heavy (non-hydrogen) atoms. The Labute approximate surface area is 504 Å². The number of aliphatic imine (C=N–C) groups is 1. The summed E-state index contributed by atoms with van der Waals surface area (Å²) < 4.78 is 13.7. The third kappa shape index (κ3) is 18.8. The molecule has 0 aliphatic carbocycles. The van der Waals surface area contributed by atoms with Gasteiger partial charge in [0.25, 0.3) is 0 Å². The van der Waals surface area contributed by atoms with E-state index in [-0.39, 0.29) is 88.0 Å². The number of phenols is 1. The molecule has 22 nitrogen and oxygen atoms in total. The topological polar surface area (TPSA) is 345 Å². The molecular weight excluding hydrogens is 1120 g/mol. The SMILES string of the molecule is CCNC(=O)[C@H]1CCCN1C(=O)[C@H](CCCN=C(N)N)NC(=O)[C@H](CC(C)C)NC(=O)[C@@H](Cc1c[nH]c2ccccc12)NC(=O)[C@H](Cc1ccc(O)cc1)NC(=O)[C@H](CO)NC(=O)[C@H](Cc1cccc2ccccc12)NC(=O)CCc1ccc(F)cc1. The second kappa shape index (κ2) is 31.7. The molecule has 0 saturated carbocycles. The number of nitrogens with two attached hydrogens (primary N) is 2. The average molecular weight is 1200 g/mol. The number of aromatic hydroxyl groups is 1. The van der Waals surface area contributed by atoms with E-state index in [1.807, 2.05) is 80.6 Å². The van der Waals surface area contributed by atoms with Gasteiger partial charge in [-0.05, 0) is 115 Å². The number of hydrogen-bond donors (Lipinski definition) is 12. The molecule has 2 heterocycles. The number of aliphatic hydroxyl groups is 1. The number of carbonyl (C=O) groups excluding carboxylic acids is 8. The maximum atomic E-state index is 15.0. The van der Waals surface area contributed by atoms with Crippen LogP contribution < -0.4 is 48.7 Å². The first-order chi connectivity index (χ1) is 41.8. The first-order valence-corrected chi connectivity index (χ1v) is 29.4. The Balaban J connectivity index is 1.14. The Morgan fingerprint density at radius 2 is 1.24 bits per heavy atom. The van der Waals surface area contributed by atoms with Crippen LogP contribution in [0.3, 0.4) is 0 Å². The fourth-order valence-electron chi connectivity index (χ4n) is 10.7. The van der Waals surface area contributed by atoms with Crippen LogP contribution in [0.5, 0.6) is 5.75 Å². The number of aromatic nitrogens is 1. The number of aromatic amines is 1. The molecule has 14 N–H and O–H groups in total. The summed E-state index contributed by atoms with van der Waals surface area (Å²) in [5.74, 6) is -6.41. The van der Waals surface area contributed by atoms with E-state index in [2.05, 4.69) is 47.2 Å². The second-order valence-electron chi connectivity index (χ2n) is 22.2. The molecule has 7 rings (SSSR count). The monoisotopic (exact) mass is 1190 g/mol. The molecule has 1 aliphatic rings. The van der Waals surface area contributed by atoms with Crippen LogP contribution in [0.25, 0.3) is 21.7 Å². The van der Waals surface area contributed by atoms with Crippen LogP contribution in [-0.4, -0.2) is 142 Å². The van der Waals surface area contributed by atoms with Gasteiger partial charge in [0.2, 0.25) is 47.3 Å². The van der Waals surface area contributed by atoms with Gasteiger partial charge in [-0.15, -0.1) is 0 Å². The van der Waals surface area contributed by atoms with E-state index >= 15 is 0 Å². The quantitative estimate of drug-likeness (QED) is 0.0176. The lowest BCUT2D eigenvalue weighted by Crippen LogP contribution is -2.61. The lowest BCUT2D eigenvalue weighted by molar-refractivity contribution is -0.142. The summed E-state index contributed by atoms with van der Waals surface area (Å²) in [5, 5.41) is 42.7. The summed E-state index contributed by atoms with van der Waals surface area (Å²) in [7, 11) is 0. The van der Waals surface area contributed by atoms with E-state index in [0.29, 0.717) is 41.6 Å². The Morgan fingerprint density at radius 1 is 0.667 bits per heavy atom. The van der Waals surface area contributed by atoms with Crippen LogP contribution in [0.2, 0.25) is 0 Å². The highest BCUT2D eigenvalue weighted by Gasteiger charge is 2.39. The molecule has 462 valence electrons. The van der Waals surface area contributed by atoms with Crippen molar-refractivity contribution in [1.29, 1.82) is 0 Å². The van der Waals surface area contributed by atoms with E-state index in [4.69, 9.17) is 11.5 Å². The molecule has 1 aromatic heterocycles. The molecule has 6 aromatic rings. The van der Waals surface area contributed by atoms with Gasteiger partial charge >= 0.3 is 0 Å². The summed E-state index contributed by atoms with van der Waals surface area (Å²) >= 11 is 0. The van der Waals surface area contributed by atoms with Crippen LogP contribution in [0.15, 0.2) is 126 Å². The molecule has 5 aromatic carbocycles. The lowest BCUT2D eigenvalue weighted by Gasteiger charge is -2.30. The maximum Gasteiger partial charge on any atom is 0.245 e. The number of phenolic OH excluding ortho intramolecular Hbond substituents is 1. The molecule has 8 amide bonds. The zero-order valence-corrected chi connectivity index (χ0v) is 49.2. The summed E-state index contributed by atoms with van der Waals surface area (Å²) in [6.07, 6.45) is 2.88. The number of halogens is 1. The van der Waals surface area contributed by atoms with Crippen molar-refractivity contribution in [2.75, 3.05) is 26.2 Å². The third-order valence-electron chi connectivity index (χ3n) is 15.2. The van der Waals surface area contributed by atoms with Crippen LogP contribution in [0.1, 0.15) is 81.5 Å². The summed E-state index contributed by atoms with van der Waals surface area (Å²) in [6, 6.07) is 22.7. The average Bonchev–Trinajstić information content (AvgIpc) is 2.53. The highest BCUT2D eigenvalue weighted by molar-refractivity contribution is 5.99. The van der Waals surface area contributed by atoms with Gasteiger partial charge in [0.05, 0.1) is 6.61 Å². The van der Waals surface area contributed by atoms with Crippen molar-refractivity contribution in [3.05, 3.63) is 150 Å². The minimum Gasteiger partial charge on any atom is -0.508 e. The molecule has 1 fully saturated rings. The van der Waals surface area contributed by atoms with Crippen LogP contribution in [0, 0.1) is 11.7 Å². The normalized spacial score (nSPS) is 15.1. The Hall–Kier alpha value is -9.38. The van der Waals surface area contributed by atoms with Gasteiger partial charge in [-0.1, -0.05) is 98.8 Å². The number of H-pyrrole nitrogens is 1. The van der Waals surface area contributed by atoms with Gasteiger partial charge in [0.1, 0.15) is 53.9 Å². The lowest BCUT2D eigenvalue weighted by atomic mass is 9.98. The molecular formula is C64H79FN12O10.